The Kier molecular flexibility index (Phi) is 4.83. The molecule has 2 fully saturated rings. The molecule has 0 saturated heterocycles. The van der Waals surface area contributed by atoms with Crippen LogP contribution in [0, 0.1) is 5.41 Å². The predicted octanol–water partition coefficient (Wildman–Crippen LogP) is 2.18. The summed E-state index contributed by atoms with van der Waals surface area (Å²) in [6, 6.07) is 0.947. The molecule has 5 nitrogen and oxygen atoms in total. The van der Waals surface area contributed by atoms with Gasteiger partial charge in [-0.25, -0.2) is 4.79 Å². The van der Waals surface area contributed by atoms with Crippen LogP contribution in [0.15, 0.2) is 0 Å². The number of aliphatic hydroxyl groups excluding tert-OH is 1. The number of nitrogens with one attached hydrogen (secondary N) is 2. The highest BCUT2D eigenvalue weighted by Crippen LogP contribution is 2.56. The molecule has 0 bridgehead atoms. The van der Waals surface area contributed by atoms with Crippen LogP contribution in [0.3, 0.4) is 0 Å². The van der Waals surface area contributed by atoms with E-state index in [9.17, 15) is 4.79 Å². The number of amides is 1. The number of ether oxygens (including phenoxy) is 1. The van der Waals surface area contributed by atoms with E-state index in [1.807, 2.05) is 27.7 Å². The van der Waals surface area contributed by atoms with E-state index in [1.165, 1.54) is 0 Å². The molecule has 1 spiro atoms. The zero-order valence-electron chi connectivity index (χ0n) is 13.7. The maximum atomic E-state index is 11.8. The molecule has 0 heterocycles. The second-order valence-electron chi connectivity index (χ2n) is 7.79. The van der Waals surface area contributed by atoms with E-state index in [2.05, 4.69) is 10.6 Å². The molecule has 0 aromatic heterocycles. The summed E-state index contributed by atoms with van der Waals surface area (Å²) in [7, 11) is 0. The Hall–Kier alpha value is -0.810. The van der Waals surface area contributed by atoms with Gasteiger partial charge < -0.3 is 20.5 Å². The molecule has 0 aromatic rings. The van der Waals surface area contributed by atoms with Gasteiger partial charge in [0.05, 0.1) is 6.61 Å². The number of carbonyl (C=O) groups is 1. The standard InChI is InChI=1S/C16H30N2O3/c1-11(10-19)17-12-5-7-16(8-6-12)9-13(16)18-14(20)21-15(2,3)4/h11-13,17,19H,5-10H2,1-4H3,(H,18,20)/t11-,12?,13?,16?/m1/s1. The molecule has 2 saturated carbocycles. The fraction of sp³-hybridized carbons (Fsp3) is 0.938. The van der Waals surface area contributed by atoms with Crippen molar-refractivity contribution < 1.29 is 14.6 Å². The molecule has 2 atom stereocenters. The van der Waals surface area contributed by atoms with E-state index in [0.29, 0.717) is 11.5 Å². The first kappa shape index (κ1) is 16.6. The fourth-order valence-corrected chi connectivity index (χ4v) is 3.37. The summed E-state index contributed by atoms with van der Waals surface area (Å²) < 4.78 is 5.32. The Morgan fingerprint density at radius 3 is 2.52 bits per heavy atom. The number of hydrogen-bond acceptors (Lipinski definition) is 4. The van der Waals surface area contributed by atoms with E-state index >= 15 is 0 Å². The highest BCUT2D eigenvalue weighted by atomic mass is 16.6. The van der Waals surface area contributed by atoms with Crippen LogP contribution in [-0.4, -0.2) is 41.5 Å². The topological polar surface area (TPSA) is 70.6 Å². The molecule has 5 heteroatoms. The van der Waals surface area contributed by atoms with Gasteiger partial charge in [0.1, 0.15) is 5.60 Å². The van der Waals surface area contributed by atoms with Gasteiger partial charge >= 0.3 is 6.09 Å². The van der Waals surface area contributed by atoms with Crippen LogP contribution in [0.5, 0.6) is 0 Å². The van der Waals surface area contributed by atoms with Crippen molar-refractivity contribution in [2.45, 2.75) is 83.5 Å². The van der Waals surface area contributed by atoms with Crippen LogP contribution in [0.25, 0.3) is 0 Å². The zero-order chi connectivity index (χ0) is 15.7. The molecule has 2 aliphatic rings. The fourth-order valence-electron chi connectivity index (χ4n) is 3.37. The lowest BCUT2D eigenvalue weighted by molar-refractivity contribution is 0.0511. The molecule has 21 heavy (non-hydrogen) atoms. The second-order valence-corrected chi connectivity index (χ2v) is 7.79. The Labute approximate surface area is 127 Å². The van der Waals surface area contributed by atoms with E-state index in [4.69, 9.17) is 9.84 Å². The third-order valence-corrected chi connectivity index (χ3v) is 4.66. The van der Waals surface area contributed by atoms with Gasteiger partial charge in [-0.2, -0.15) is 0 Å². The molecule has 2 aliphatic carbocycles. The van der Waals surface area contributed by atoms with Crippen molar-refractivity contribution in [3.8, 4) is 0 Å². The summed E-state index contributed by atoms with van der Waals surface area (Å²) in [5.74, 6) is 0. The maximum Gasteiger partial charge on any atom is 0.407 e. The summed E-state index contributed by atoms with van der Waals surface area (Å²) in [5, 5.41) is 15.6. The number of carbonyl (C=O) groups excluding carboxylic acids is 1. The highest BCUT2D eigenvalue weighted by molar-refractivity contribution is 5.68. The van der Waals surface area contributed by atoms with Crippen molar-refractivity contribution in [2.75, 3.05) is 6.61 Å². The minimum absolute atomic E-state index is 0.166. The summed E-state index contributed by atoms with van der Waals surface area (Å²) in [4.78, 5) is 11.8. The lowest BCUT2D eigenvalue weighted by Crippen LogP contribution is -2.42. The van der Waals surface area contributed by atoms with Crippen LogP contribution in [0.2, 0.25) is 0 Å². The van der Waals surface area contributed by atoms with E-state index in [1.54, 1.807) is 0 Å². The van der Waals surface area contributed by atoms with Crippen molar-refractivity contribution in [3.05, 3.63) is 0 Å². The lowest BCUT2D eigenvalue weighted by Gasteiger charge is -2.32. The van der Waals surface area contributed by atoms with Gasteiger partial charge in [0.15, 0.2) is 0 Å². The summed E-state index contributed by atoms with van der Waals surface area (Å²) in [5.41, 5.74) is -0.133. The molecule has 0 aliphatic heterocycles. The molecule has 3 N–H and O–H groups in total. The molecule has 2 rings (SSSR count). The maximum absolute atomic E-state index is 11.8. The predicted molar refractivity (Wildman–Crippen MR) is 82.1 cm³/mol. The van der Waals surface area contributed by atoms with Gasteiger partial charge in [0, 0.05) is 18.1 Å². The van der Waals surface area contributed by atoms with Gasteiger partial charge in [-0.15, -0.1) is 0 Å². The van der Waals surface area contributed by atoms with Gasteiger partial charge in [-0.1, -0.05) is 0 Å². The SMILES string of the molecule is C[C@H](CO)NC1CCC2(CC1)CC2NC(=O)OC(C)(C)C. The first-order chi connectivity index (χ1) is 9.74. The smallest absolute Gasteiger partial charge is 0.407 e. The average Bonchev–Trinajstić information content (AvgIpc) is 3.02. The molecule has 122 valence electrons. The van der Waals surface area contributed by atoms with Crippen molar-refractivity contribution in [3.63, 3.8) is 0 Å². The number of aliphatic hydroxyl groups is 1. The van der Waals surface area contributed by atoms with E-state index in [0.717, 1.165) is 32.1 Å². The van der Waals surface area contributed by atoms with Crippen molar-refractivity contribution in [2.24, 2.45) is 5.41 Å². The van der Waals surface area contributed by atoms with E-state index in [-0.39, 0.29) is 24.8 Å². The van der Waals surface area contributed by atoms with Crippen LogP contribution in [0.4, 0.5) is 4.79 Å². The Morgan fingerprint density at radius 1 is 1.38 bits per heavy atom. The van der Waals surface area contributed by atoms with Crippen LogP contribution in [-0.2, 0) is 4.74 Å². The summed E-state index contributed by atoms with van der Waals surface area (Å²) >= 11 is 0. The third-order valence-electron chi connectivity index (χ3n) is 4.66. The van der Waals surface area contributed by atoms with Crippen molar-refractivity contribution in [1.29, 1.82) is 0 Å². The minimum atomic E-state index is -0.436. The highest BCUT2D eigenvalue weighted by Gasteiger charge is 2.56. The van der Waals surface area contributed by atoms with Gasteiger partial charge in [-0.3, -0.25) is 0 Å². The molecule has 1 unspecified atom stereocenters. The monoisotopic (exact) mass is 298 g/mol. The first-order valence-corrected chi connectivity index (χ1v) is 8.10. The Morgan fingerprint density at radius 2 is 2.00 bits per heavy atom. The quantitative estimate of drug-likeness (QED) is 0.744. The Bertz CT molecular complexity index is 370. The first-order valence-electron chi connectivity index (χ1n) is 8.10. The molecular formula is C16H30N2O3. The summed E-state index contributed by atoms with van der Waals surface area (Å²) in [6.45, 7) is 7.84. The van der Waals surface area contributed by atoms with Gasteiger partial charge in [-0.05, 0) is 65.2 Å². The zero-order valence-corrected chi connectivity index (χ0v) is 13.7. The lowest BCUT2D eigenvalue weighted by atomic mass is 9.82. The molecule has 0 aromatic carbocycles. The third kappa shape index (κ3) is 4.58. The van der Waals surface area contributed by atoms with Gasteiger partial charge in [0.2, 0.25) is 0 Å². The normalized spacial score (nSPS) is 33.6. The molecule has 0 radical (unpaired) electrons. The van der Waals surface area contributed by atoms with Gasteiger partial charge in [0.25, 0.3) is 0 Å². The van der Waals surface area contributed by atoms with Crippen LogP contribution < -0.4 is 10.6 Å². The molecular weight excluding hydrogens is 268 g/mol. The Balaban J connectivity index is 1.72. The average molecular weight is 298 g/mol. The van der Waals surface area contributed by atoms with E-state index < -0.39 is 5.60 Å². The number of alkyl carbamates (subject to hydrolysis) is 1. The second kappa shape index (κ2) is 6.13. The van der Waals surface area contributed by atoms with Crippen molar-refractivity contribution in [1.82, 2.24) is 10.6 Å². The van der Waals surface area contributed by atoms with Crippen LogP contribution in [0.1, 0.15) is 59.8 Å². The van der Waals surface area contributed by atoms with Crippen molar-refractivity contribution >= 4 is 6.09 Å². The number of hydrogen-bond donors (Lipinski definition) is 3. The van der Waals surface area contributed by atoms with Crippen LogP contribution >= 0.6 is 0 Å². The summed E-state index contributed by atoms with van der Waals surface area (Å²) in [6.07, 6.45) is 5.31. The minimum Gasteiger partial charge on any atom is -0.444 e. The largest absolute Gasteiger partial charge is 0.444 e. The number of rotatable bonds is 4. The molecule has 1 amide bonds.